The Kier molecular flexibility index (Phi) is 3.49. The fraction of sp³-hybridized carbons (Fsp3) is 0.444. The van der Waals surface area contributed by atoms with Gasteiger partial charge in [0.25, 0.3) is 5.56 Å². The van der Waals surface area contributed by atoms with Crippen molar-refractivity contribution in [2.24, 2.45) is 7.05 Å². The summed E-state index contributed by atoms with van der Waals surface area (Å²) in [6.07, 6.45) is 1.20. The number of carbonyl (C=O) groups is 1. The van der Waals surface area contributed by atoms with Gasteiger partial charge in [-0.15, -0.1) is 0 Å². The molecule has 0 radical (unpaired) electrons. The zero-order valence-electron chi connectivity index (χ0n) is 9.10. The van der Waals surface area contributed by atoms with Crippen molar-refractivity contribution >= 4 is 11.7 Å². The highest BCUT2D eigenvalue weighted by atomic mass is 16.5. The van der Waals surface area contributed by atoms with Gasteiger partial charge in [-0.05, 0) is 0 Å². The summed E-state index contributed by atoms with van der Waals surface area (Å²) in [5, 5.41) is 0. The number of hydrogen-bond acceptors (Lipinski definition) is 5. The smallest absolute Gasteiger partial charge is 0.330 e. The van der Waals surface area contributed by atoms with E-state index < -0.39 is 17.2 Å². The molecule has 2 N–H and O–H groups in total. The Morgan fingerprint density at radius 1 is 1.50 bits per heavy atom. The van der Waals surface area contributed by atoms with Crippen molar-refractivity contribution in [3.8, 4) is 0 Å². The summed E-state index contributed by atoms with van der Waals surface area (Å²) < 4.78 is 6.52. The van der Waals surface area contributed by atoms with E-state index in [4.69, 9.17) is 5.73 Å². The molecule has 88 valence electrons. The number of hydrogen-bond donors (Lipinski definition) is 1. The number of rotatable bonds is 3. The molecule has 0 aliphatic heterocycles. The minimum absolute atomic E-state index is 0.0352. The molecule has 1 aromatic heterocycles. The van der Waals surface area contributed by atoms with Crippen molar-refractivity contribution in [2.45, 2.75) is 13.0 Å². The molecular weight excluding hydrogens is 214 g/mol. The number of ether oxygens (including phenoxy) is 1. The SMILES string of the molecule is COC(=O)CCn1c(=O)c(N)cn(C)c1=O. The number of nitrogen functional groups attached to an aromatic ring is 1. The first-order chi connectivity index (χ1) is 7.47. The molecule has 0 amide bonds. The second-order valence-corrected chi connectivity index (χ2v) is 3.26. The van der Waals surface area contributed by atoms with Crippen molar-refractivity contribution < 1.29 is 9.53 Å². The van der Waals surface area contributed by atoms with E-state index in [-0.39, 0.29) is 18.7 Å². The predicted molar refractivity (Wildman–Crippen MR) is 57.0 cm³/mol. The molecule has 16 heavy (non-hydrogen) atoms. The average molecular weight is 227 g/mol. The fourth-order valence-corrected chi connectivity index (χ4v) is 1.25. The van der Waals surface area contributed by atoms with E-state index in [0.29, 0.717) is 0 Å². The Hall–Kier alpha value is -2.05. The second-order valence-electron chi connectivity index (χ2n) is 3.26. The third kappa shape index (κ3) is 2.30. The molecule has 7 nitrogen and oxygen atoms in total. The van der Waals surface area contributed by atoms with Crippen LogP contribution in [0.5, 0.6) is 0 Å². The van der Waals surface area contributed by atoms with Crippen LogP contribution in [-0.4, -0.2) is 22.2 Å². The lowest BCUT2D eigenvalue weighted by atomic mass is 10.4. The van der Waals surface area contributed by atoms with Crippen molar-refractivity contribution in [2.75, 3.05) is 12.8 Å². The molecule has 0 aliphatic carbocycles. The standard InChI is InChI=1S/C9H13N3O4/c1-11-5-6(10)8(14)12(9(11)15)4-3-7(13)16-2/h5H,3-4,10H2,1-2H3. The first-order valence-corrected chi connectivity index (χ1v) is 4.60. The van der Waals surface area contributed by atoms with Crippen LogP contribution >= 0.6 is 0 Å². The fourth-order valence-electron chi connectivity index (χ4n) is 1.25. The van der Waals surface area contributed by atoms with E-state index in [1.165, 1.54) is 24.9 Å². The van der Waals surface area contributed by atoms with Crippen molar-refractivity contribution in [1.82, 2.24) is 9.13 Å². The highest BCUT2D eigenvalue weighted by Crippen LogP contribution is 1.90. The molecule has 0 bridgehead atoms. The molecule has 0 fully saturated rings. The number of nitrogens with zero attached hydrogens (tertiary/aromatic N) is 2. The van der Waals surface area contributed by atoms with Crippen LogP contribution < -0.4 is 17.0 Å². The molecular formula is C9H13N3O4. The van der Waals surface area contributed by atoms with Crippen LogP contribution in [0.15, 0.2) is 15.8 Å². The average Bonchev–Trinajstić information content (AvgIpc) is 2.26. The zero-order valence-corrected chi connectivity index (χ0v) is 9.10. The number of methoxy groups -OCH3 is 1. The zero-order chi connectivity index (χ0) is 12.3. The van der Waals surface area contributed by atoms with Gasteiger partial charge < -0.3 is 15.0 Å². The van der Waals surface area contributed by atoms with Gasteiger partial charge in [0, 0.05) is 19.8 Å². The van der Waals surface area contributed by atoms with Gasteiger partial charge in [-0.2, -0.15) is 0 Å². The minimum Gasteiger partial charge on any atom is -0.469 e. The lowest BCUT2D eigenvalue weighted by molar-refractivity contribution is -0.140. The Bertz CT molecular complexity index is 480. The van der Waals surface area contributed by atoms with Gasteiger partial charge in [0.05, 0.1) is 13.5 Å². The predicted octanol–water partition coefficient (Wildman–Crippen LogP) is -1.31. The van der Waals surface area contributed by atoms with Gasteiger partial charge >= 0.3 is 11.7 Å². The Morgan fingerprint density at radius 2 is 2.12 bits per heavy atom. The van der Waals surface area contributed by atoms with E-state index in [0.717, 1.165) is 4.57 Å². The largest absolute Gasteiger partial charge is 0.469 e. The molecule has 0 saturated heterocycles. The highest BCUT2D eigenvalue weighted by Gasteiger charge is 2.09. The summed E-state index contributed by atoms with van der Waals surface area (Å²) in [6, 6.07) is 0. The van der Waals surface area contributed by atoms with Gasteiger partial charge in [-0.1, -0.05) is 0 Å². The van der Waals surface area contributed by atoms with E-state index in [9.17, 15) is 14.4 Å². The van der Waals surface area contributed by atoms with E-state index in [1.807, 2.05) is 0 Å². The van der Waals surface area contributed by atoms with Gasteiger partial charge in [0.2, 0.25) is 0 Å². The first-order valence-electron chi connectivity index (χ1n) is 4.60. The van der Waals surface area contributed by atoms with Crippen LogP contribution in [0.25, 0.3) is 0 Å². The minimum atomic E-state index is -0.591. The highest BCUT2D eigenvalue weighted by molar-refractivity contribution is 5.68. The summed E-state index contributed by atoms with van der Waals surface area (Å²) in [4.78, 5) is 34.0. The van der Waals surface area contributed by atoms with Gasteiger partial charge in [-0.3, -0.25) is 14.2 Å². The van der Waals surface area contributed by atoms with E-state index in [1.54, 1.807) is 0 Å². The third-order valence-electron chi connectivity index (χ3n) is 2.12. The lowest BCUT2D eigenvalue weighted by Gasteiger charge is -2.07. The molecule has 1 rings (SSSR count). The molecule has 0 unspecified atom stereocenters. The van der Waals surface area contributed by atoms with Gasteiger partial charge in [0.15, 0.2) is 0 Å². The number of anilines is 1. The van der Waals surface area contributed by atoms with E-state index in [2.05, 4.69) is 4.74 Å². The summed E-state index contributed by atoms with van der Waals surface area (Å²) in [6.45, 7) is -0.0385. The molecule has 1 heterocycles. The quantitative estimate of drug-likeness (QED) is 0.647. The Labute approximate surface area is 91.1 Å². The van der Waals surface area contributed by atoms with Crippen molar-refractivity contribution in [3.05, 3.63) is 27.0 Å². The molecule has 0 aliphatic rings. The monoisotopic (exact) mass is 227 g/mol. The van der Waals surface area contributed by atoms with Crippen molar-refractivity contribution in [1.29, 1.82) is 0 Å². The maximum Gasteiger partial charge on any atom is 0.330 e. The molecule has 0 atom stereocenters. The van der Waals surface area contributed by atoms with Crippen LogP contribution in [0, 0.1) is 0 Å². The second kappa shape index (κ2) is 4.65. The first kappa shape index (κ1) is 12.0. The maximum absolute atomic E-state index is 11.6. The van der Waals surface area contributed by atoms with Crippen LogP contribution in [-0.2, 0) is 23.1 Å². The number of aryl methyl sites for hydroxylation is 1. The van der Waals surface area contributed by atoms with Gasteiger partial charge in [0.1, 0.15) is 5.69 Å². The molecule has 0 spiro atoms. The summed E-state index contributed by atoms with van der Waals surface area (Å²) in [5.74, 6) is -0.489. The Balaban J connectivity index is 3.09. The van der Waals surface area contributed by atoms with E-state index >= 15 is 0 Å². The molecule has 1 aromatic rings. The lowest BCUT2D eigenvalue weighted by Crippen LogP contribution is -2.40. The van der Waals surface area contributed by atoms with Crippen LogP contribution in [0.1, 0.15) is 6.42 Å². The maximum atomic E-state index is 11.6. The summed E-state index contributed by atoms with van der Waals surface area (Å²) in [5.41, 5.74) is 4.28. The summed E-state index contributed by atoms with van der Waals surface area (Å²) in [7, 11) is 2.72. The number of nitrogens with two attached hydrogens (primary N) is 1. The topological polar surface area (TPSA) is 96.3 Å². The number of carbonyl (C=O) groups excluding carboxylic acids is 1. The number of aromatic nitrogens is 2. The molecule has 0 aromatic carbocycles. The Morgan fingerprint density at radius 3 is 2.69 bits per heavy atom. The number of esters is 1. The molecule has 7 heteroatoms. The normalized spacial score (nSPS) is 10.1. The summed E-state index contributed by atoms with van der Waals surface area (Å²) >= 11 is 0. The van der Waals surface area contributed by atoms with Crippen LogP contribution in [0.2, 0.25) is 0 Å². The van der Waals surface area contributed by atoms with Gasteiger partial charge in [-0.25, -0.2) is 4.79 Å². The van der Waals surface area contributed by atoms with Crippen molar-refractivity contribution in [3.63, 3.8) is 0 Å². The third-order valence-corrected chi connectivity index (χ3v) is 2.12. The van der Waals surface area contributed by atoms with Crippen LogP contribution in [0.3, 0.4) is 0 Å². The van der Waals surface area contributed by atoms with Crippen LogP contribution in [0.4, 0.5) is 5.69 Å². The molecule has 0 saturated carbocycles.